The SMILES string of the molecule is COc1cccc(NC2(CN)CCN3CCCC3C2)c1. The first-order valence-corrected chi connectivity index (χ1v) is 7.61. The van der Waals surface area contributed by atoms with Crippen molar-refractivity contribution in [2.45, 2.75) is 37.3 Å². The summed E-state index contributed by atoms with van der Waals surface area (Å²) in [4.78, 5) is 2.63. The van der Waals surface area contributed by atoms with Crippen molar-refractivity contribution in [3.63, 3.8) is 0 Å². The lowest BCUT2D eigenvalue weighted by molar-refractivity contribution is 0.145. The number of benzene rings is 1. The molecule has 2 atom stereocenters. The number of piperidine rings is 1. The second-order valence-electron chi connectivity index (χ2n) is 6.13. The molecule has 0 radical (unpaired) electrons. The van der Waals surface area contributed by atoms with Crippen molar-refractivity contribution < 1.29 is 4.74 Å². The van der Waals surface area contributed by atoms with Gasteiger partial charge in [0.05, 0.1) is 12.6 Å². The molecule has 2 aliphatic rings. The van der Waals surface area contributed by atoms with Gasteiger partial charge >= 0.3 is 0 Å². The third-order valence-corrected chi connectivity index (χ3v) is 4.87. The highest BCUT2D eigenvalue weighted by Crippen LogP contribution is 2.35. The van der Waals surface area contributed by atoms with E-state index in [2.05, 4.69) is 22.3 Å². The molecule has 3 rings (SSSR count). The van der Waals surface area contributed by atoms with E-state index in [9.17, 15) is 0 Å². The molecule has 2 unspecified atom stereocenters. The van der Waals surface area contributed by atoms with Crippen LogP contribution in [-0.4, -0.2) is 43.2 Å². The van der Waals surface area contributed by atoms with Crippen LogP contribution in [0.25, 0.3) is 0 Å². The zero-order valence-electron chi connectivity index (χ0n) is 12.3. The Morgan fingerprint density at radius 2 is 2.35 bits per heavy atom. The molecule has 0 spiro atoms. The fourth-order valence-electron chi connectivity index (χ4n) is 3.69. The van der Waals surface area contributed by atoms with Gasteiger partial charge in [0.1, 0.15) is 5.75 Å². The van der Waals surface area contributed by atoms with Crippen LogP contribution in [0.2, 0.25) is 0 Å². The van der Waals surface area contributed by atoms with Gasteiger partial charge in [0.2, 0.25) is 0 Å². The molecule has 3 N–H and O–H groups in total. The molecule has 0 aromatic heterocycles. The van der Waals surface area contributed by atoms with E-state index in [1.54, 1.807) is 7.11 Å². The first-order valence-electron chi connectivity index (χ1n) is 7.61. The van der Waals surface area contributed by atoms with E-state index >= 15 is 0 Å². The summed E-state index contributed by atoms with van der Waals surface area (Å²) in [6.07, 6.45) is 4.93. The third-order valence-electron chi connectivity index (χ3n) is 4.87. The molecular formula is C16H25N3O. The molecule has 110 valence electrons. The second kappa shape index (κ2) is 5.62. The van der Waals surface area contributed by atoms with E-state index in [4.69, 9.17) is 10.5 Å². The highest BCUT2D eigenvalue weighted by atomic mass is 16.5. The van der Waals surface area contributed by atoms with Crippen molar-refractivity contribution in [1.82, 2.24) is 4.90 Å². The second-order valence-corrected chi connectivity index (χ2v) is 6.13. The Balaban J connectivity index is 1.75. The Morgan fingerprint density at radius 1 is 1.45 bits per heavy atom. The van der Waals surface area contributed by atoms with E-state index in [0.717, 1.165) is 24.3 Å². The molecule has 20 heavy (non-hydrogen) atoms. The lowest BCUT2D eigenvalue weighted by Crippen LogP contribution is -2.55. The molecule has 2 heterocycles. The van der Waals surface area contributed by atoms with Crippen molar-refractivity contribution in [2.24, 2.45) is 5.73 Å². The monoisotopic (exact) mass is 275 g/mol. The van der Waals surface area contributed by atoms with Crippen molar-refractivity contribution in [3.8, 4) is 5.75 Å². The van der Waals surface area contributed by atoms with Crippen LogP contribution in [-0.2, 0) is 0 Å². The summed E-state index contributed by atoms with van der Waals surface area (Å²) in [5.74, 6) is 0.889. The summed E-state index contributed by atoms with van der Waals surface area (Å²) in [6, 6.07) is 8.86. The van der Waals surface area contributed by atoms with Crippen LogP contribution >= 0.6 is 0 Å². The largest absolute Gasteiger partial charge is 0.497 e. The molecule has 0 bridgehead atoms. The fraction of sp³-hybridized carbons (Fsp3) is 0.625. The molecule has 2 aliphatic heterocycles. The molecular weight excluding hydrogens is 250 g/mol. The Morgan fingerprint density at radius 3 is 3.15 bits per heavy atom. The first kappa shape index (κ1) is 13.7. The lowest BCUT2D eigenvalue weighted by atomic mass is 9.83. The van der Waals surface area contributed by atoms with Gasteiger partial charge in [0.25, 0.3) is 0 Å². The lowest BCUT2D eigenvalue weighted by Gasteiger charge is -2.44. The summed E-state index contributed by atoms with van der Waals surface area (Å²) in [5.41, 5.74) is 7.28. The van der Waals surface area contributed by atoms with E-state index in [1.165, 1.54) is 25.9 Å². The van der Waals surface area contributed by atoms with Crippen molar-refractivity contribution in [3.05, 3.63) is 24.3 Å². The highest BCUT2D eigenvalue weighted by Gasteiger charge is 2.40. The van der Waals surface area contributed by atoms with Crippen LogP contribution in [0, 0.1) is 0 Å². The third kappa shape index (κ3) is 2.63. The average molecular weight is 275 g/mol. The number of rotatable bonds is 4. The summed E-state index contributed by atoms with van der Waals surface area (Å²) in [7, 11) is 1.70. The maximum Gasteiger partial charge on any atom is 0.120 e. The van der Waals surface area contributed by atoms with Crippen LogP contribution in [0.1, 0.15) is 25.7 Å². The van der Waals surface area contributed by atoms with Crippen LogP contribution in [0.5, 0.6) is 5.75 Å². The quantitative estimate of drug-likeness (QED) is 0.883. The van der Waals surface area contributed by atoms with Gasteiger partial charge in [-0.25, -0.2) is 0 Å². The number of ether oxygens (including phenoxy) is 1. The van der Waals surface area contributed by atoms with Gasteiger partial charge in [-0.1, -0.05) is 6.07 Å². The molecule has 2 saturated heterocycles. The van der Waals surface area contributed by atoms with Crippen molar-refractivity contribution in [1.29, 1.82) is 0 Å². The maximum atomic E-state index is 6.13. The average Bonchev–Trinajstić information content (AvgIpc) is 2.94. The molecule has 4 heteroatoms. The summed E-state index contributed by atoms with van der Waals surface area (Å²) in [6.45, 7) is 3.12. The number of hydrogen-bond donors (Lipinski definition) is 2. The van der Waals surface area contributed by atoms with E-state index in [0.29, 0.717) is 12.6 Å². The molecule has 0 aliphatic carbocycles. The fourth-order valence-corrected chi connectivity index (χ4v) is 3.69. The minimum absolute atomic E-state index is 0.0396. The van der Waals surface area contributed by atoms with Crippen LogP contribution in [0.15, 0.2) is 24.3 Å². The van der Waals surface area contributed by atoms with Gasteiger partial charge < -0.3 is 20.7 Å². The van der Waals surface area contributed by atoms with E-state index in [1.807, 2.05) is 12.1 Å². The Labute approximate surface area is 121 Å². The number of nitrogens with one attached hydrogen (secondary N) is 1. The summed E-state index contributed by atoms with van der Waals surface area (Å²) in [5, 5.41) is 3.70. The zero-order valence-corrected chi connectivity index (χ0v) is 12.3. The molecule has 1 aromatic carbocycles. The molecule has 0 amide bonds. The van der Waals surface area contributed by atoms with Crippen LogP contribution in [0.3, 0.4) is 0 Å². The minimum Gasteiger partial charge on any atom is -0.497 e. The van der Waals surface area contributed by atoms with Crippen molar-refractivity contribution >= 4 is 5.69 Å². The van der Waals surface area contributed by atoms with Gasteiger partial charge in [-0.05, 0) is 44.4 Å². The topological polar surface area (TPSA) is 50.5 Å². The Kier molecular flexibility index (Phi) is 3.85. The Hall–Kier alpha value is -1.26. The number of nitrogens with two attached hydrogens (primary N) is 1. The standard InChI is InChI=1S/C16H25N3O/c1-20-15-6-2-4-13(10-15)18-16(12-17)7-9-19-8-3-5-14(19)11-16/h2,4,6,10,14,18H,3,5,7-9,11-12,17H2,1H3. The summed E-state index contributed by atoms with van der Waals surface area (Å²) >= 11 is 0. The molecule has 4 nitrogen and oxygen atoms in total. The van der Waals surface area contributed by atoms with Gasteiger partial charge in [-0.3, -0.25) is 0 Å². The molecule has 1 aromatic rings. The number of nitrogens with zero attached hydrogens (tertiary/aromatic N) is 1. The molecule has 2 fully saturated rings. The number of methoxy groups -OCH3 is 1. The Bertz CT molecular complexity index is 465. The number of fused-ring (bicyclic) bond motifs is 1. The predicted molar refractivity (Wildman–Crippen MR) is 82.2 cm³/mol. The smallest absolute Gasteiger partial charge is 0.120 e. The normalized spacial score (nSPS) is 30.0. The van der Waals surface area contributed by atoms with Crippen LogP contribution in [0.4, 0.5) is 5.69 Å². The van der Waals surface area contributed by atoms with Crippen LogP contribution < -0.4 is 15.8 Å². The van der Waals surface area contributed by atoms with Gasteiger partial charge in [0.15, 0.2) is 0 Å². The van der Waals surface area contributed by atoms with Gasteiger partial charge in [-0.2, -0.15) is 0 Å². The molecule has 0 saturated carbocycles. The zero-order chi connectivity index (χ0) is 14.0. The predicted octanol–water partition coefficient (Wildman–Crippen LogP) is 2.06. The maximum absolute atomic E-state index is 6.13. The highest BCUT2D eigenvalue weighted by molar-refractivity contribution is 5.50. The first-order chi connectivity index (χ1) is 9.74. The minimum atomic E-state index is 0.0396. The number of hydrogen-bond acceptors (Lipinski definition) is 4. The van der Waals surface area contributed by atoms with E-state index < -0.39 is 0 Å². The van der Waals surface area contributed by atoms with E-state index in [-0.39, 0.29) is 5.54 Å². The van der Waals surface area contributed by atoms with Crippen molar-refractivity contribution in [2.75, 3.05) is 32.1 Å². The summed E-state index contributed by atoms with van der Waals surface area (Å²) < 4.78 is 5.30. The van der Waals surface area contributed by atoms with Gasteiger partial charge in [-0.15, -0.1) is 0 Å². The van der Waals surface area contributed by atoms with Gasteiger partial charge in [0, 0.05) is 30.9 Å². The number of anilines is 1.